The van der Waals surface area contributed by atoms with E-state index in [0.717, 1.165) is 11.8 Å². The molecule has 0 radical (unpaired) electrons. The number of rotatable bonds is 4. The molecule has 0 N–H and O–H groups in total. The highest BCUT2D eigenvalue weighted by atomic mass is 127. The van der Waals surface area contributed by atoms with Gasteiger partial charge in [-0.3, -0.25) is 4.79 Å². The van der Waals surface area contributed by atoms with Gasteiger partial charge in [0, 0.05) is 9.13 Å². The van der Waals surface area contributed by atoms with Crippen molar-refractivity contribution in [2.45, 2.75) is 39.5 Å². The summed E-state index contributed by atoms with van der Waals surface area (Å²) in [7, 11) is 0. The van der Waals surface area contributed by atoms with Crippen LogP contribution in [0.4, 0.5) is 0 Å². The third kappa shape index (κ3) is 6.62. The van der Waals surface area contributed by atoms with E-state index >= 15 is 0 Å². The molecule has 27 heavy (non-hydrogen) atoms. The van der Waals surface area contributed by atoms with Crippen LogP contribution in [0.3, 0.4) is 0 Å². The van der Waals surface area contributed by atoms with Crippen molar-refractivity contribution in [2.75, 3.05) is 0 Å². The van der Waals surface area contributed by atoms with Crippen LogP contribution in [-0.4, -0.2) is 6.29 Å². The van der Waals surface area contributed by atoms with Crippen LogP contribution in [0.2, 0.25) is 0 Å². The Bertz CT molecular complexity index is 829. The second-order valence-electron chi connectivity index (χ2n) is 7.22. The van der Waals surface area contributed by atoms with E-state index in [1.165, 1.54) is 20.3 Å². The van der Waals surface area contributed by atoms with Gasteiger partial charge in [-0.2, -0.15) is 0 Å². The monoisotopic (exact) mass is 470 g/mol. The van der Waals surface area contributed by atoms with Crippen LogP contribution in [0, 0.1) is 3.57 Å². The molecule has 3 aromatic carbocycles. The van der Waals surface area contributed by atoms with E-state index in [0.29, 0.717) is 17.4 Å². The van der Waals surface area contributed by atoms with E-state index in [-0.39, 0.29) is 0 Å². The molecule has 0 aromatic heterocycles. The number of halogens is 1. The lowest BCUT2D eigenvalue weighted by molar-refractivity contribution is 0.112. The second-order valence-corrected chi connectivity index (χ2v) is 8.47. The molecular formula is C25H27IO. The van der Waals surface area contributed by atoms with Gasteiger partial charge in [-0.05, 0) is 68.8 Å². The molecule has 0 aliphatic heterocycles. The van der Waals surface area contributed by atoms with Gasteiger partial charge in [0.15, 0.2) is 0 Å². The van der Waals surface area contributed by atoms with Crippen LogP contribution < -0.4 is 0 Å². The van der Waals surface area contributed by atoms with Gasteiger partial charge in [0.2, 0.25) is 0 Å². The van der Waals surface area contributed by atoms with Crippen LogP contribution in [0.15, 0.2) is 72.8 Å². The minimum Gasteiger partial charge on any atom is -0.298 e. The van der Waals surface area contributed by atoms with E-state index in [1.807, 2.05) is 24.3 Å². The molecule has 0 bridgehead atoms. The predicted molar refractivity (Wildman–Crippen MR) is 125 cm³/mol. The van der Waals surface area contributed by atoms with Crippen LogP contribution >= 0.6 is 22.6 Å². The average Bonchev–Trinajstić information content (AvgIpc) is 2.69. The van der Waals surface area contributed by atoms with Crippen molar-refractivity contribution in [2.24, 2.45) is 0 Å². The molecule has 0 heterocycles. The van der Waals surface area contributed by atoms with E-state index in [9.17, 15) is 4.79 Å². The summed E-state index contributed by atoms with van der Waals surface area (Å²) in [5.74, 6) is 1.21. The highest BCUT2D eigenvalue weighted by Gasteiger charge is 2.01. The van der Waals surface area contributed by atoms with Gasteiger partial charge in [0.25, 0.3) is 0 Å². The molecular weight excluding hydrogens is 443 g/mol. The summed E-state index contributed by atoms with van der Waals surface area (Å²) in [6.45, 7) is 8.80. The van der Waals surface area contributed by atoms with Gasteiger partial charge in [-0.25, -0.2) is 0 Å². The third-order valence-corrected chi connectivity index (χ3v) is 5.21. The molecule has 0 aliphatic carbocycles. The van der Waals surface area contributed by atoms with Crippen molar-refractivity contribution in [1.29, 1.82) is 0 Å². The molecule has 3 rings (SSSR count). The van der Waals surface area contributed by atoms with E-state index in [4.69, 9.17) is 0 Å². The Morgan fingerprint density at radius 1 is 0.630 bits per heavy atom. The molecule has 0 saturated heterocycles. The minimum atomic E-state index is 0.557. The van der Waals surface area contributed by atoms with E-state index in [1.54, 1.807) is 0 Å². The number of hydrogen-bond donors (Lipinski definition) is 0. The van der Waals surface area contributed by atoms with Gasteiger partial charge in [0.1, 0.15) is 6.29 Å². The van der Waals surface area contributed by atoms with Gasteiger partial charge < -0.3 is 0 Å². The zero-order valence-electron chi connectivity index (χ0n) is 16.4. The van der Waals surface area contributed by atoms with Gasteiger partial charge >= 0.3 is 0 Å². The maximum atomic E-state index is 10.6. The van der Waals surface area contributed by atoms with Crippen LogP contribution in [0.1, 0.15) is 61.0 Å². The fourth-order valence-corrected chi connectivity index (χ4v) is 3.02. The van der Waals surface area contributed by atoms with Crippen molar-refractivity contribution in [3.05, 3.63) is 93.1 Å². The first-order valence-corrected chi connectivity index (χ1v) is 10.4. The quantitative estimate of drug-likeness (QED) is 0.282. The first-order valence-electron chi connectivity index (χ1n) is 9.31. The summed E-state index contributed by atoms with van der Waals surface area (Å²) in [6.07, 6.45) is 0.867. The molecule has 1 nitrogen and oxygen atoms in total. The van der Waals surface area contributed by atoms with Crippen molar-refractivity contribution >= 4 is 28.9 Å². The number of hydrogen-bond acceptors (Lipinski definition) is 1. The van der Waals surface area contributed by atoms with Crippen LogP contribution in [0.5, 0.6) is 0 Å². The summed E-state index contributed by atoms with van der Waals surface area (Å²) in [6, 6.07) is 24.9. The van der Waals surface area contributed by atoms with Crippen LogP contribution in [0.25, 0.3) is 11.1 Å². The highest BCUT2D eigenvalue weighted by molar-refractivity contribution is 14.1. The molecule has 140 valence electrons. The number of benzene rings is 3. The summed E-state index contributed by atoms with van der Waals surface area (Å²) in [5.41, 5.74) is 5.81. The van der Waals surface area contributed by atoms with Crippen LogP contribution in [-0.2, 0) is 0 Å². The molecule has 0 fully saturated rings. The Morgan fingerprint density at radius 2 is 1.00 bits per heavy atom. The molecule has 0 unspecified atom stereocenters. The average molecular weight is 470 g/mol. The number of aldehydes is 1. The van der Waals surface area contributed by atoms with Crippen molar-refractivity contribution in [3.8, 4) is 11.1 Å². The Labute approximate surface area is 177 Å². The number of carbonyl (C=O) groups excluding carboxylic acids is 1. The topological polar surface area (TPSA) is 17.1 Å². The number of carbonyl (C=O) groups is 1. The van der Waals surface area contributed by atoms with Crippen molar-refractivity contribution < 1.29 is 4.79 Å². The second kappa shape index (κ2) is 10.4. The Morgan fingerprint density at radius 3 is 1.37 bits per heavy atom. The first kappa shape index (κ1) is 21.4. The van der Waals surface area contributed by atoms with Gasteiger partial charge in [0.05, 0.1) is 0 Å². The molecule has 0 amide bonds. The predicted octanol–water partition coefficient (Wildman–Crippen LogP) is 7.70. The fourth-order valence-electron chi connectivity index (χ4n) is 2.66. The molecule has 0 spiro atoms. The summed E-state index contributed by atoms with van der Waals surface area (Å²) in [4.78, 5) is 10.6. The SMILES string of the molecule is CC(C)c1ccc(-c2ccc(C=O)cc2)cc1.CC(C)c1ccc(I)cc1. The van der Waals surface area contributed by atoms with Gasteiger partial charge in [-0.1, -0.05) is 88.4 Å². The fraction of sp³-hybridized carbons (Fsp3) is 0.240. The minimum absolute atomic E-state index is 0.557. The normalized spacial score (nSPS) is 10.5. The zero-order valence-corrected chi connectivity index (χ0v) is 18.6. The Balaban J connectivity index is 0.000000223. The highest BCUT2D eigenvalue weighted by Crippen LogP contribution is 2.22. The molecule has 2 heteroatoms. The zero-order chi connectivity index (χ0) is 19.8. The summed E-state index contributed by atoms with van der Waals surface area (Å²) in [5, 5.41) is 0. The van der Waals surface area contributed by atoms with E-state index in [2.05, 4.69) is 98.8 Å². The lowest BCUT2D eigenvalue weighted by Crippen LogP contribution is -1.87. The maximum Gasteiger partial charge on any atom is 0.150 e. The molecule has 0 saturated carbocycles. The Kier molecular flexibility index (Phi) is 8.23. The summed E-state index contributed by atoms with van der Waals surface area (Å²) < 4.78 is 1.31. The molecule has 0 atom stereocenters. The lowest BCUT2D eigenvalue weighted by atomic mass is 9.98. The van der Waals surface area contributed by atoms with E-state index < -0.39 is 0 Å². The first-order chi connectivity index (χ1) is 12.9. The van der Waals surface area contributed by atoms with Crippen molar-refractivity contribution in [3.63, 3.8) is 0 Å². The smallest absolute Gasteiger partial charge is 0.150 e. The molecule has 0 aliphatic rings. The third-order valence-electron chi connectivity index (χ3n) is 4.49. The molecule has 3 aromatic rings. The van der Waals surface area contributed by atoms with Gasteiger partial charge in [-0.15, -0.1) is 0 Å². The maximum absolute atomic E-state index is 10.6. The lowest BCUT2D eigenvalue weighted by Gasteiger charge is -2.07. The summed E-state index contributed by atoms with van der Waals surface area (Å²) >= 11 is 2.32. The van der Waals surface area contributed by atoms with Crippen molar-refractivity contribution in [1.82, 2.24) is 0 Å². The standard InChI is InChI=1S/C16H16O.C9H11I/c1-12(2)14-7-9-16(10-8-14)15-5-3-13(11-17)4-6-15;1-7(2)8-3-5-9(10)6-4-8/h3-12H,1-2H3;3-7H,1-2H3. The largest absolute Gasteiger partial charge is 0.298 e. The Hall–Kier alpha value is -1.94.